The molecule has 1 amide bonds. The van der Waals surface area contributed by atoms with Crippen LogP contribution in [-0.2, 0) is 11.3 Å². The highest BCUT2D eigenvalue weighted by atomic mass is 16.2. The second kappa shape index (κ2) is 6.51. The van der Waals surface area contributed by atoms with Crippen LogP contribution in [0.2, 0.25) is 0 Å². The minimum Gasteiger partial charge on any atom is -0.339 e. The smallest absolute Gasteiger partial charge is 0.261 e. The predicted molar refractivity (Wildman–Crippen MR) is 93.1 cm³/mol. The summed E-state index contributed by atoms with van der Waals surface area (Å²) in [7, 11) is 0. The number of para-hydroxylation sites is 1. The van der Waals surface area contributed by atoms with Gasteiger partial charge in [0.15, 0.2) is 0 Å². The summed E-state index contributed by atoms with van der Waals surface area (Å²) in [6.07, 6.45) is 7.07. The molecule has 1 aromatic carbocycles. The fourth-order valence-electron chi connectivity index (χ4n) is 3.36. The summed E-state index contributed by atoms with van der Waals surface area (Å²) in [6, 6.07) is 9.26. The third kappa shape index (κ3) is 3.05. The van der Waals surface area contributed by atoms with Crippen LogP contribution in [-0.4, -0.2) is 43.2 Å². The summed E-state index contributed by atoms with van der Waals surface area (Å²) in [5, 5.41) is 4.81. The lowest BCUT2D eigenvalue weighted by Gasteiger charge is -2.33. The zero-order valence-electron chi connectivity index (χ0n) is 13.8. The summed E-state index contributed by atoms with van der Waals surface area (Å²) in [5.74, 6) is -0.0592. The summed E-state index contributed by atoms with van der Waals surface area (Å²) in [4.78, 5) is 31.3. The van der Waals surface area contributed by atoms with Crippen LogP contribution in [0.5, 0.6) is 0 Å². The van der Waals surface area contributed by atoms with Crippen molar-refractivity contribution >= 4 is 16.8 Å². The van der Waals surface area contributed by atoms with E-state index in [9.17, 15) is 9.59 Å². The molecule has 0 radical (unpaired) electrons. The lowest BCUT2D eigenvalue weighted by atomic mass is 10.1. The van der Waals surface area contributed by atoms with Crippen molar-refractivity contribution in [3.05, 3.63) is 59.4 Å². The standard InChI is InChI=1S/C18H19N5O2/c24-17(21-9-3-5-14(11-21)23-10-4-8-20-23)12-22-13-19-16-7-2-1-6-15(16)18(22)25/h1-2,4,6-8,10,13-14H,3,5,9,11-12H2/t14-/m0/s1. The van der Waals surface area contributed by atoms with E-state index in [4.69, 9.17) is 0 Å². The number of rotatable bonds is 3. The number of nitrogens with zero attached hydrogens (tertiary/aromatic N) is 5. The Balaban J connectivity index is 1.52. The van der Waals surface area contributed by atoms with Crippen LogP contribution in [0.15, 0.2) is 53.8 Å². The van der Waals surface area contributed by atoms with Gasteiger partial charge in [-0.25, -0.2) is 4.98 Å². The van der Waals surface area contributed by atoms with Gasteiger partial charge >= 0.3 is 0 Å². The summed E-state index contributed by atoms with van der Waals surface area (Å²) < 4.78 is 3.30. The molecule has 0 N–H and O–H groups in total. The fraction of sp³-hybridized carbons (Fsp3) is 0.333. The highest BCUT2D eigenvalue weighted by Crippen LogP contribution is 2.20. The second-order valence-electron chi connectivity index (χ2n) is 6.32. The number of piperidine rings is 1. The van der Waals surface area contributed by atoms with Gasteiger partial charge in [-0.3, -0.25) is 18.8 Å². The van der Waals surface area contributed by atoms with E-state index in [1.54, 1.807) is 24.4 Å². The molecule has 0 saturated carbocycles. The first kappa shape index (κ1) is 15.6. The number of hydrogen-bond acceptors (Lipinski definition) is 4. The number of carbonyl (C=O) groups excluding carboxylic acids is 1. The highest BCUT2D eigenvalue weighted by molar-refractivity contribution is 5.79. The highest BCUT2D eigenvalue weighted by Gasteiger charge is 2.25. The molecule has 25 heavy (non-hydrogen) atoms. The third-order valence-corrected chi connectivity index (χ3v) is 4.69. The Labute approximate surface area is 144 Å². The summed E-state index contributed by atoms with van der Waals surface area (Å²) in [5.41, 5.74) is 0.465. The first-order valence-electron chi connectivity index (χ1n) is 8.43. The quantitative estimate of drug-likeness (QED) is 0.725. The van der Waals surface area contributed by atoms with Crippen molar-refractivity contribution in [1.82, 2.24) is 24.2 Å². The molecule has 4 rings (SSSR count). The topological polar surface area (TPSA) is 73.0 Å². The SMILES string of the molecule is O=C(Cn1cnc2ccccc2c1=O)N1CCC[C@H](n2cccn2)C1. The van der Waals surface area contributed by atoms with Crippen LogP contribution in [0.25, 0.3) is 10.9 Å². The Morgan fingerprint density at radius 2 is 2.12 bits per heavy atom. The average molecular weight is 337 g/mol. The molecule has 128 valence electrons. The van der Waals surface area contributed by atoms with E-state index in [1.165, 1.54) is 10.9 Å². The minimum absolute atomic E-state index is 0.0164. The number of likely N-dealkylation sites (tertiary alicyclic amines) is 1. The molecule has 1 aliphatic heterocycles. The van der Waals surface area contributed by atoms with Gasteiger partial charge in [0.1, 0.15) is 6.54 Å². The number of hydrogen-bond donors (Lipinski definition) is 0. The largest absolute Gasteiger partial charge is 0.339 e. The number of amides is 1. The van der Waals surface area contributed by atoms with Gasteiger partial charge in [0.05, 0.1) is 23.3 Å². The summed E-state index contributed by atoms with van der Waals surface area (Å²) in [6.45, 7) is 1.35. The van der Waals surface area contributed by atoms with Crippen molar-refractivity contribution in [3.63, 3.8) is 0 Å². The number of aromatic nitrogens is 4. The van der Waals surface area contributed by atoms with Crippen molar-refractivity contribution in [3.8, 4) is 0 Å². The van der Waals surface area contributed by atoms with E-state index < -0.39 is 0 Å². The molecule has 1 saturated heterocycles. The van der Waals surface area contributed by atoms with Gasteiger partial charge in [-0.2, -0.15) is 5.10 Å². The molecule has 7 heteroatoms. The molecule has 7 nitrogen and oxygen atoms in total. The first-order valence-corrected chi connectivity index (χ1v) is 8.43. The molecule has 3 aromatic rings. The molecule has 3 heterocycles. The molecular weight excluding hydrogens is 318 g/mol. The van der Waals surface area contributed by atoms with Crippen molar-refractivity contribution in [2.75, 3.05) is 13.1 Å². The minimum atomic E-state index is -0.181. The lowest BCUT2D eigenvalue weighted by molar-refractivity contribution is -0.133. The van der Waals surface area contributed by atoms with Crippen LogP contribution in [0, 0.1) is 0 Å². The fourth-order valence-corrected chi connectivity index (χ4v) is 3.36. The van der Waals surface area contributed by atoms with Gasteiger partial charge < -0.3 is 4.90 Å². The Bertz CT molecular complexity index is 948. The second-order valence-corrected chi connectivity index (χ2v) is 6.32. The Morgan fingerprint density at radius 3 is 2.96 bits per heavy atom. The van der Waals surface area contributed by atoms with E-state index in [2.05, 4.69) is 10.1 Å². The monoisotopic (exact) mass is 337 g/mol. The van der Waals surface area contributed by atoms with Gasteiger partial charge in [0, 0.05) is 25.5 Å². The zero-order chi connectivity index (χ0) is 17.2. The van der Waals surface area contributed by atoms with E-state index in [0.717, 1.165) is 12.8 Å². The Morgan fingerprint density at radius 1 is 1.24 bits per heavy atom. The lowest BCUT2D eigenvalue weighted by Crippen LogP contribution is -2.43. The van der Waals surface area contributed by atoms with E-state index in [-0.39, 0.29) is 24.1 Å². The maximum absolute atomic E-state index is 12.7. The van der Waals surface area contributed by atoms with Crippen molar-refractivity contribution in [2.24, 2.45) is 0 Å². The Kier molecular flexibility index (Phi) is 4.05. The normalized spacial score (nSPS) is 17.8. The van der Waals surface area contributed by atoms with E-state index in [0.29, 0.717) is 24.0 Å². The van der Waals surface area contributed by atoms with Crippen LogP contribution in [0.4, 0.5) is 0 Å². The van der Waals surface area contributed by atoms with E-state index >= 15 is 0 Å². The molecule has 2 aromatic heterocycles. The average Bonchev–Trinajstić information content (AvgIpc) is 3.19. The summed E-state index contributed by atoms with van der Waals surface area (Å²) >= 11 is 0. The van der Waals surface area contributed by atoms with Crippen molar-refractivity contribution in [1.29, 1.82) is 0 Å². The number of fused-ring (bicyclic) bond motifs is 1. The van der Waals surface area contributed by atoms with Gasteiger partial charge in [-0.1, -0.05) is 12.1 Å². The molecule has 0 spiro atoms. The number of benzene rings is 1. The van der Waals surface area contributed by atoms with E-state index in [1.807, 2.05) is 27.9 Å². The molecule has 1 atom stereocenters. The van der Waals surface area contributed by atoms with Crippen LogP contribution in [0.1, 0.15) is 18.9 Å². The molecule has 1 aliphatic rings. The van der Waals surface area contributed by atoms with Crippen molar-refractivity contribution < 1.29 is 4.79 Å². The maximum Gasteiger partial charge on any atom is 0.261 e. The van der Waals surface area contributed by atoms with Crippen molar-refractivity contribution in [2.45, 2.75) is 25.4 Å². The number of carbonyl (C=O) groups is 1. The molecule has 0 aliphatic carbocycles. The molecule has 0 bridgehead atoms. The Hall–Kier alpha value is -2.96. The van der Waals surface area contributed by atoms with Crippen LogP contribution >= 0.6 is 0 Å². The molecule has 0 unspecified atom stereocenters. The van der Waals surface area contributed by atoms with Gasteiger partial charge in [0.2, 0.25) is 5.91 Å². The predicted octanol–water partition coefficient (Wildman–Crippen LogP) is 1.46. The van der Waals surface area contributed by atoms with Crippen LogP contribution < -0.4 is 5.56 Å². The molecule has 1 fully saturated rings. The molecular formula is C18H19N5O2. The third-order valence-electron chi connectivity index (χ3n) is 4.69. The van der Waals surface area contributed by atoms with Crippen LogP contribution in [0.3, 0.4) is 0 Å². The zero-order valence-corrected chi connectivity index (χ0v) is 13.8. The maximum atomic E-state index is 12.7. The van der Waals surface area contributed by atoms with Gasteiger partial charge in [0.25, 0.3) is 5.56 Å². The van der Waals surface area contributed by atoms with Gasteiger partial charge in [-0.05, 0) is 31.0 Å². The van der Waals surface area contributed by atoms with Gasteiger partial charge in [-0.15, -0.1) is 0 Å². The first-order chi connectivity index (χ1) is 12.2.